The number of alkyl halides is 3. The number of hydrogen-bond donors (Lipinski definition) is 0. The van der Waals surface area contributed by atoms with Gasteiger partial charge in [0.1, 0.15) is 0 Å². The molecule has 1 aromatic heterocycles. The number of amides is 1. The summed E-state index contributed by atoms with van der Waals surface area (Å²) < 4.78 is 40.3. The highest BCUT2D eigenvalue weighted by Crippen LogP contribution is 2.33. The molecule has 1 heterocycles. The molecule has 0 atom stereocenters. The summed E-state index contributed by atoms with van der Waals surface area (Å²) in [4.78, 5) is 19.6. The molecule has 7 heteroatoms. The van der Waals surface area contributed by atoms with Crippen LogP contribution in [0.25, 0.3) is 10.2 Å². The molecule has 0 fully saturated rings. The van der Waals surface area contributed by atoms with Crippen molar-refractivity contribution in [2.45, 2.75) is 33.0 Å². The lowest BCUT2D eigenvalue weighted by Crippen LogP contribution is -2.31. The maximum atomic E-state index is 13.3. The summed E-state index contributed by atoms with van der Waals surface area (Å²) in [6.45, 7) is 4.27. The molecular weight excluding hydrogens is 433 g/mol. The van der Waals surface area contributed by atoms with E-state index in [1.807, 2.05) is 56.3 Å². The van der Waals surface area contributed by atoms with Crippen molar-refractivity contribution in [3.63, 3.8) is 0 Å². The molecule has 0 N–H and O–H groups in total. The van der Waals surface area contributed by atoms with E-state index in [9.17, 15) is 18.0 Å². The van der Waals surface area contributed by atoms with Crippen molar-refractivity contribution in [2.24, 2.45) is 0 Å². The van der Waals surface area contributed by atoms with Crippen LogP contribution in [0, 0.1) is 13.8 Å². The molecule has 3 aromatic carbocycles. The Morgan fingerprint density at radius 3 is 2.41 bits per heavy atom. The van der Waals surface area contributed by atoms with E-state index in [-0.39, 0.29) is 18.9 Å². The van der Waals surface area contributed by atoms with Crippen molar-refractivity contribution >= 4 is 32.6 Å². The van der Waals surface area contributed by atoms with Gasteiger partial charge in [-0.25, -0.2) is 4.98 Å². The van der Waals surface area contributed by atoms with Crippen LogP contribution in [0.5, 0.6) is 0 Å². The van der Waals surface area contributed by atoms with Crippen LogP contribution in [0.15, 0.2) is 66.7 Å². The van der Waals surface area contributed by atoms with Gasteiger partial charge in [0, 0.05) is 0 Å². The third-order valence-electron chi connectivity index (χ3n) is 5.14. The SMILES string of the molecule is Cc1cc(C)c2nc(N(Cc3ccccc3)C(=O)Cc3cccc(C(F)(F)F)c3)sc2c1. The summed E-state index contributed by atoms with van der Waals surface area (Å²) in [5, 5.41) is 0.537. The Labute approximate surface area is 188 Å². The van der Waals surface area contributed by atoms with Gasteiger partial charge < -0.3 is 0 Å². The first-order chi connectivity index (χ1) is 15.2. The molecule has 164 valence electrons. The summed E-state index contributed by atoms with van der Waals surface area (Å²) >= 11 is 1.41. The summed E-state index contributed by atoms with van der Waals surface area (Å²) in [7, 11) is 0. The number of fused-ring (bicyclic) bond motifs is 1. The highest BCUT2D eigenvalue weighted by atomic mass is 32.1. The minimum atomic E-state index is -4.45. The maximum absolute atomic E-state index is 13.3. The van der Waals surface area contributed by atoms with Crippen molar-refractivity contribution in [2.75, 3.05) is 4.90 Å². The number of carbonyl (C=O) groups excluding carboxylic acids is 1. The molecule has 3 nitrogen and oxygen atoms in total. The van der Waals surface area contributed by atoms with Gasteiger partial charge in [0.25, 0.3) is 0 Å². The van der Waals surface area contributed by atoms with Gasteiger partial charge in [-0.2, -0.15) is 13.2 Å². The third kappa shape index (κ3) is 4.83. The standard InChI is InChI=1S/C25H21F3N2OS/c1-16-11-17(2)23-21(12-16)32-24(29-23)30(15-18-7-4-3-5-8-18)22(31)14-19-9-6-10-20(13-19)25(26,27)28/h3-13H,14-15H2,1-2H3. The van der Waals surface area contributed by atoms with Crippen LogP contribution in [0.4, 0.5) is 18.3 Å². The fourth-order valence-electron chi connectivity index (χ4n) is 3.63. The van der Waals surface area contributed by atoms with Gasteiger partial charge >= 0.3 is 6.18 Å². The topological polar surface area (TPSA) is 33.2 Å². The zero-order valence-electron chi connectivity index (χ0n) is 17.6. The zero-order valence-corrected chi connectivity index (χ0v) is 18.4. The van der Waals surface area contributed by atoms with Gasteiger partial charge in [0.05, 0.1) is 28.7 Å². The van der Waals surface area contributed by atoms with E-state index in [2.05, 4.69) is 0 Å². The first kappa shape index (κ1) is 22.0. The Balaban J connectivity index is 1.70. The minimum Gasteiger partial charge on any atom is -0.283 e. The highest BCUT2D eigenvalue weighted by Gasteiger charge is 2.31. The van der Waals surface area contributed by atoms with Crippen LogP contribution in [0.1, 0.15) is 27.8 Å². The van der Waals surface area contributed by atoms with E-state index in [1.54, 1.807) is 11.0 Å². The average molecular weight is 455 g/mol. The normalized spacial score (nSPS) is 11.7. The molecule has 0 aliphatic rings. The number of anilines is 1. The van der Waals surface area contributed by atoms with Gasteiger partial charge in [-0.1, -0.05) is 65.9 Å². The van der Waals surface area contributed by atoms with Crippen molar-refractivity contribution in [3.8, 4) is 0 Å². The average Bonchev–Trinajstić information content (AvgIpc) is 3.16. The lowest BCUT2D eigenvalue weighted by atomic mass is 10.1. The monoisotopic (exact) mass is 454 g/mol. The summed E-state index contributed by atoms with van der Waals surface area (Å²) in [5.41, 5.74) is 3.43. The second kappa shape index (κ2) is 8.74. The number of carbonyl (C=O) groups is 1. The fourth-order valence-corrected chi connectivity index (χ4v) is 4.79. The molecule has 0 aliphatic heterocycles. The smallest absolute Gasteiger partial charge is 0.283 e. The summed E-state index contributed by atoms with van der Waals surface area (Å²) in [5.74, 6) is -0.304. The second-order valence-electron chi connectivity index (χ2n) is 7.77. The van der Waals surface area contributed by atoms with Crippen molar-refractivity contribution in [3.05, 3.63) is 94.5 Å². The lowest BCUT2D eigenvalue weighted by molar-refractivity contribution is -0.137. The van der Waals surface area contributed by atoms with Crippen molar-refractivity contribution < 1.29 is 18.0 Å². The van der Waals surface area contributed by atoms with E-state index >= 15 is 0 Å². The predicted octanol–water partition coefficient (Wildman–Crippen LogP) is 6.71. The van der Waals surface area contributed by atoms with Gasteiger partial charge in [-0.15, -0.1) is 0 Å². The Morgan fingerprint density at radius 1 is 0.969 bits per heavy atom. The van der Waals surface area contributed by atoms with Crippen LogP contribution >= 0.6 is 11.3 Å². The molecule has 0 saturated heterocycles. The molecule has 0 bridgehead atoms. The molecule has 0 spiro atoms. The number of thiazole rings is 1. The first-order valence-electron chi connectivity index (χ1n) is 10.1. The quantitative estimate of drug-likeness (QED) is 0.336. The highest BCUT2D eigenvalue weighted by molar-refractivity contribution is 7.22. The van der Waals surface area contributed by atoms with Crippen LogP contribution < -0.4 is 4.90 Å². The van der Waals surface area contributed by atoms with E-state index < -0.39 is 11.7 Å². The van der Waals surface area contributed by atoms with Gasteiger partial charge in [-0.05, 0) is 48.2 Å². The van der Waals surface area contributed by atoms with Gasteiger partial charge in [0.2, 0.25) is 5.91 Å². The molecule has 0 aliphatic carbocycles. The van der Waals surface area contributed by atoms with E-state index in [0.717, 1.165) is 39.0 Å². The molecule has 1 amide bonds. The molecule has 32 heavy (non-hydrogen) atoms. The number of hydrogen-bond acceptors (Lipinski definition) is 3. The molecule has 0 radical (unpaired) electrons. The molecule has 0 saturated carbocycles. The summed E-state index contributed by atoms with van der Waals surface area (Å²) in [6, 6.07) is 18.5. The van der Waals surface area contributed by atoms with Gasteiger partial charge in [-0.3, -0.25) is 9.69 Å². The van der Waals surface area contributed by atoms with Crippen molar-refractivity contribution in [1.29, 1.82) is 0 Å². The number of halogens is 3. The largest absolute Gasteiger partial charge is 0.416 e. The Bertz CT molecular complexity index is 1270. The number of aromatic nitrogens is 1. The lowest BCUT2D eigenvalue weighted by Gasteiger charge is -2.20. The second-order valence-corrected chi connectivity index (χ2v) is 8.77. The predicted molar refractivity (Wildman–Crippen MR) is 122 cm³/mol. The summed E-state index contributed by atoms with van der Waals surface area (Å²) in [6.07, 6.45) is -4.60. The number of nitrogens with zero attached hydrogens (tertiary/aromatic N) is 2. The zero-order chi connectivity index (χ0) is 22.9. The number of benzene rings is 3. The first-order valence-corrected chi connectivity index (χ1v) is 10.9. The van der Waals surface area contributed by atoms with E-state index in [1.165, 1.54) is 17.4 Å². The maximum Gasteiger partial charge on any atom is 0.416 e. The van der Waals surface area contributed by atoms with Crippen LogP contribution in [-0.4, -0.2) is 10.9 Å². The molecule has 4 rings (SSSR count). The van der Waals surface area contributed by atoms with E-state index in [4.69, 9.17) is 4.98 Å². The van der Waals surface area contributed by atoms with Crippen LogP contribution in [0.2, 0.25) is 0 Å². The Kier molecular flexibility index (Phi) is 6.02. The molecular formula is C25H21F3N2OS. The Morgan fingerprint density at radius 2 is 1.69 bits per heavy atom. The fraction of sp³-hybridized carbons (Fsp3) is 0.200. The van der Waals surface area contributed by atoms with Crippen LogP contribution in [0.3, 0.4) is 0 Å². The van der Waals surface area contributed by atoms with E-state index in [0.29, 0.717) is 10.7 Å². The number of aryl methyl sites for hydroxylation is 2. The molecule has 0 unspecified atom stereocenters. The van der Waals surface area contributed by atoms with Crippen LogP contribution in [-0.2, 0) is 23.9 Å². The minimum absolute atomic E-state index is 0.148. The third-order valence-corrected chi connectivity index (χ3v) is 6.17. The number of rotatable bonds is 5. The molecule has 4 aromatic rings. The van der Waals surface area contributed by atoms with Crippen molar-refractivity contribution in [1.82, 2.24) is 4.98 Å². The van der Waals surface area contributed by atoms with Gasteiger partial charge in [0.15, 0.2) is 5.13 Å². The Hall–Kier alpha value is -3.19.